The number of ether oxygens (including phenoxy) is 1. The van der Waals surface area contributed by atoms with Crippen molar-refractivity contribution in [1.82, 2.24) is 5.32 Å². The normalized spacial score (nSPS) is 12.8. The molecular weight excluding hydrogens is 286 g/mol. The zero-order chi connectivity index (χ0) is 16.5. The monoisotopic (exact) mass is 311 g/mol. The maximum atomic E-state index is 11.3. The Kier molecular flexibility index (Phi) is 6.53. The highest BCUT2D eigenvalue weighted by molar-refractivity contribution is 5.36. The summed E-state index contributed by atoms with van der Waals surface area (Å²) < 4.78 is 5.56. The molecule has 2 rings (SSSR count). The molecule has 0 saturated heterocycles. The minimum absolute atomic E-state index is 0.0591. The summed E-state index contributed by atoms with van der Waals surface area (Å²) in [5.41, 5.74) is 0.678. The summed E-state index contributed by atoms with van der Waals surface area (Å²) in [4.78, 5) is 0. The zero-order valence-electron chi connectivity index (χ0n) is 13.6. The van der Waals surface area contributed by atoms with Gasteiger partial charge in [0.1, 0.15) is 5.60 Å². The van der Waals surface area contributed by atoms with Gasteiger partial charge in [0.15, 0.2) is 0 Å². The summed E-state index contributed by atoms with van der Waals surface area (Å²) >= 11 is 0. The van der Waals surface area contributed by atoms with Gasteiger partial charge in [-0.25, -0.2) is 0 Å². The zero-order valence-corrected chi connectivity index (χ0v) is 13.6. The van der Waals surface area contributed by atoms with Gasteiger partial charge >= 0.3 is 0 Å². The van der Waals surface area contributed by atoms with Crippen LogP contribution in [0.1, 0.15) is 18.1 Å². The molecular formula is C20H25NO2. The Hall–Kier alpha value is -1.94. The summed E-state index contributed by atoms with van der Waals surface area (Å²) in [7, 11) is 0. The first kappa shape index (κ1) is 17.4. The van der Waals surface area contributed by atoms with Crippen LogP contribution in [-0.4, -0.2) is 30.9 Å². The molecule has 0 bridgehead atoms. The smallest absolute Gasteiger partial charge is 0.127 e. The van der Waals surface area contributed by atoms with Gasteiger partial charge in [-0.3, -0.25) is 0 Å². The van der Waals surface area contributed by atoms with Crippen LogP contribution in [0.5, 0.6) is 0 Å². The predicted molar refractivity (Wildman–Crippen MR) is 94.4 cm³/mol. The SMILES string of the molecule is C=CCO[C@@H](C)CNCC(O)(c1ccccc1)c1ccccc1. The van der Waals surface area contributed by atoms with E-state index in [2.05, 4.69) is 11.9 Å². The van der Waals surface area contributed by atoms with E-state index in [4.69, 9.17) is 4.74 Å². The maximum absolute atomic E-state index is 11.3. The molecule has 3 nitrogen and oxygen atoms in total. The van der Waals surface area contributed by atoms with Crippen molar-refractivity contribution >= 4 is 0 Å². The van der Waals surface area contributed by atoms with Crippen molar-refractivity contribution in [1.29, 1.82) is 0 Å². The van der Waals surface area contributed by atoms with E-state index in [-0.39, 0.29) is 6.10 Å². The fourth-order valence-electron chi connectivity index (χ4n) is 2.55. The van der Waals surface area contributed by atoms with E-state index in [9.17, 15) is 5.11 Å². The molecule has 0 saturated carbocycles. The van der Waals surface area contributed by atoms with Gasteiger partial charge < -0.3 is 15.2 Å². The summed E-state index contributed by atoms with van der Waals surface area (Å²) in [6.45, 7) is 7.26. The van der Waals surface area contributed by atoms with Crippen molar-refractivity contribution in [3.05, 3.63) is 84.4 Å². The molecule has 2 N–H and O–H groups in total. The van der Waals surface area contributed by atoms with Crippen LogP contribution < -0.4 is 5.32 Å². The largest absolute Gasteiger partial charge is 0.379 e. The first-order chi connectivity index (χ1) is 11.2. The number of rotatable bonds is 9. The summed E-state index contributed by atoms with van der Waals surface area (Å²) in [6, 6.07) is 19.5. The molecule has 122 valence electrons. The van der Waals surface area contributed by atoms with E-state index < -0.39 is 5.60 Å². The highest BCUT2D eigenvalue weighted by Crippen LogP contribution is 2.28. The fourth-order valence-corrected chi connectivity index (χ4v) is 2.55. The lowest BCUT2D eigenvalue weighted by Gasteiger charge is -2.30. The van der Waals surface area contributed by atoms with Crippen molar-refractivity contribution < 1.29 is 9.84 Å². The van der Waals surface area contributed by atoms with Gasteiger partial charge in [-0.05, 0) is 18.1 Å². The lowest BCUT2D eigenvalue weighted by atomic mass is 9.86. The molecule has 0 aliphatic rings. The Morgan fingerprint density at radius 2 is 1.61 bits per heavy atom. The van der Waals surface area contributed by atoms with E-state index >= 15 is 0 Å². The second-order valence-electron chi connectivity index (χ2n) is 5.66. The average molecular weight is 311 g/mol. The molecule has 0 radical (unpaired) electrons. The molecule has 2 aromatic rings. The first-order valence-corrected chi connectivity index (χ1v) is 7.93. The Bertz CT molecular complexity index is 544. The minimum Gasteiger partial charge on any atom is -0.379 e. The second kappa shape index (κ2) is 8.63. The van der Waals surface area contributed by atoms with Crippen LogP contribution in [0, 0.1) is 0 Å². The highest BCUT2D eigenvalue weighted by atomic mass is 16.5. The molecule has 0 aliphatic carbocycles. The van der Waals surface area contributed by atoms with Gasteiger partial charge in [-0.15, -0.1) is 6.58 Å². The molecule has 0 spiro atoms. The number of aliphatic hydroxyl groups is 1. The van der Waals surface area contributed by atoms with Crippen LogP contribution in [0.4, 0.5) is 0 Å². The summed E-state index contributed by atoms with van der Waals surface area (Å²) in [6.07, 6.45) is 1.80. The van der Waals surface area contributed by atoms with Gasteiger partial charge in [-0.2, -0.15) is 0 Å². The van der Waals surface area contributed by atoms with Crippen LogP contribution >= 0.6 is 0 Å². The lowest BCUT2D eigenvalue weighted by molar-refractivity contribution is 0.0611. The Labute approximate surface area is 138 Å². The molecule has 0 amide bonds. The molecule has 0 unspecified atom stereocenters. The van der Waals surface area contributed by atoms with Crippen LogP contribution in [-0.2, 0) is 10.3 Å². The van der Waals surface area contributed by atoms with Crippen LogP contribution in [0.3, 0.4) is 0 Å². The van der Waals surface area contributed by atoms with Crippen LogP contribution in [0.15, 0.2) is 73.3 Å². The summed E-state index contributed by atoms with van der Waals surface area (Å²) in [5.74, 6) is 0. The van der Waals surface area contributed by atoms with Gasteiger partial charge in [0, 0.05) is 13.1 Å². The molecule has 0 aromatic heterocycles. The van der Waals surface area contributed by atoms with Crippen LogP contribution in [0.25, 0.3) is 0 Å². The first-order valence-electron chi connectivity index (χ1n) is 7.93. The van der Waals surface area contributed by atoms with E-state index in [1.165, 1.54) is 0 Å². The third-order valence-electron chi connectivity index (χ3n) is 3.81. The van der Waals surface area contributed by atoms with Crippen molar-refractivity contribution in [2.24, 2.45) is 0 Å². The summed E-state index contributed by atoms with van der Waals surface area (Å²) in [5, 5.41) is 14.6. The predicted octanol–water partition coefficient (Wildman–Crippen LogP) is 3.10. The van der Waals surface area contributed by atoms with E-state index in [1.54, 1.807) is 6.08 Å². The van der Waals surface area contributed by atoms with Crippen LogP contribution in [0.2, 0.25) is 0 Å². The highest BCUT2D eigenvalue weighted by Gasteiger charge is 2.30. The minimum atomic E-state index is -1.07. The Morgan fingerprint density at radius 1 is 1.09 bits per heavy atom. The second-order valence-corrected chi connectivity index (χ2v) is 5.66. The van der Waals surface area contributed by atoms with E-state index in [0.29, 0.717) is 19.7 Å². The molecule has 0 heterocycles. The van der Waals surface area contributed by atoms with E-state index in [0.717, 1.165) is 11.1 Å². The molecule has 0 aliphatic heterocycles. The molecule has 3 heteroatoms. The standard InChI is InChI=1S/C20H25NO2/c1-3-14-23-17(2)15-21-16-20(22,18-10-6-4-7-11-18)19-12-8-5-9-13-19/h3-13,17,21-22H,1,14-16H2,2H3/t17-/m0/s1. The number of hydrogen-bond donors (Lipinski definition) is 2. The third-order valence-corrected chi connectivity index (χ3v) is 3.81. The van der Waals surface area contributed by atoms with Gasteiger partial charge in [-0.1, -0.05) is 66.7 Å². The molecule has 1 atom stereocenters. The average Bonchev–Trinajstić information content (AvgIpc) is 2.61. The number of hydrogen-bond acceptors (Lipinski definition) is 3. The quantitative estimate of drug-likeness (QED) is 0.699. The third kappa shape index (κ3) is 4.76. The fraction of sp³-hybridized carbons (Fsp3) is 0.300. The van der Waals surface area contributed by atoms with Gasteiger partial charge in [0.25, 0.3) is 0 Å². The van der Waals surface area contributed by atoms with Crippen molar-refractivity contribution in [3.8, 4) is 0 Å². The molecule has 23 heavy (non-hydrogen) atoms. The van der Waals surface area contributed by atoms with E-state index in [1.807, 2.05) is 67.6 Å². The van der Waals surface area contributed by atoms with Gasteiger partial charge in [0.2, 0.25) is 0 Å². The van der Waals surface area contributed by atoms with Crippen molar-refractivity contribution in [3.63, 3.8) is 0 Å². The number of nitrogens with one attached hydrogen (secondary N) is 1. The number of benzene rings is 2. The molecule has 2 aromatic carbocycles. The van der Waals surface area contributed by atoms with Crippen molar-refractivity contribution in [2.75, 3.05) is 19.7 Å². The Balaban J connectivity index is 2.11. The maximum Gasteiger partial charge on any atom is 0.127 e. The Morgan fingerprint density at radius 3 is 2.09 bits per heavy atom. The lowest BCUT2D eigenvalue weighted by Crippen LogP contribution is -2.41. The topological polar surface area (TPSA) is 41.5 Å². The van der Waals surface area contributed by atoms with Gasteiger partial charge in [0.05, 0.1) is 12.7 Å². The van der Waals surface area contributed by atoms with Crippen molar-refractivity contribution in [2.45, 2.75) is 18.6 Å². The molecule has 0 fully saturated rings.